The summed E-state index contributed by atoms with van der Waals surface area (Å²) in [4.78, 5) is 5.16. The van der Waals surface area contributed by atoms with Crippen molar-refractivity contribution in [3.05, 3.63) is 54.1 Å². The minimum Gasteiger partial charge on any atom is -0.491 e. The van der Waals surface area contributed by atoms with Crippen LogP contribution < -0.4 is 14.5 Å². The maximum absolute atomic E-state index is 6.09. The molecule has 2 aromatic rings. The number of rotatable bonds is 7. The number of aryl methyl sites for hydroxylation is 1. The van der Waals surface area contributed by atoms with E-state index in [0.29, 0.717) is 0 Å². The van der Waals surface area contributed by atoms with E-state index in [1.807, 2.05) is 0 Å². The van der Waals surface area contributed by atoms with Crippen LogP contribution in [0.2, 0.25) is 0 Å². The van der Waals surface area contributed by atoms with E-state index in [0.717, 1.165) is 43.7 Å². The Balaban J connectivity index is 1.29. The first kappa shape index (κ1) is 21.1. The van der Waals surface area contributed by atoms with Crippen LogP contribution in [0.25, 0.3) is 0 Å². The van der Waals surface area contributed by atoms with Gasteiger partial charge in [-0.3, -0.25) is 0 Å². The zero-order valence-electron chi connectivity index (χ0n) is 18.9. The monoisotopic (exact) mass is 406 g/mol. The zero-order chi connectivity index (χ0) is 20.8. The van der Waals surface area contributed by atoms with Gasteiger partial charge < -0.3 is 14.5 Å². The molecule has 0 saturated carbocycles. The van der Waals surface area contributed by atoms with Crippen LogP contribution in [-0.4, -0.2) is 32.8 Å². The minimum absolute atomic E-state index is 0.823. The third kappa shape index (κ3) is 4.94. The summed E-state index contributed by atoms with van der Waals surface area (Å²) in [7, 11) is 0. The van der Waals surface area contributed by atoms with E-state index in [1.165, 1.54) is 62.1 Å². The summed E-state index contributed by atoms with van der Waals surface area (Å²) < 4.78 is 6.09. The maximum atomic E-state index is 6.09. The second kappa shape index (κ2) is 10.2. The lowest BCUT2D eigenvalue weighted by atomic mass is 9.78. The van der Waals surface area contributed by atoms with Crippen molar-refractivity contribution in [1.29, 1.82) is 0 Å². The Hall–Kier alpha value is -2.16. The van der Waals surface area contributed by atoms with Gasteiger partial charge in [0.2, 0.25) is 0 Å². The maximum Gasteiger partial charge on any atom is 0.142 e. The van der Waals surface area contributed by atoms with Gasteiger partial charge in [0.15, 0.2) is 0 Å². The molecule has 2 heterocycles. The molecule has 0 bridgehead atoms. The Morgan fingerprint density at radius 2 is 1.30 bits per heavy atom. The number of benzene rings is 2. The second-order valence-electron chi connectivity index (χ2n) is 9.11. The Kier molecular flexibility index (Phi) is 7.20. The van der Waals surface area contributed by atoms with Crippen LogP contribution in [-0.2, 0) is 0 Å². The quantitative estimate of drug-likeness (QED) is 0.501. The highest BCUT2D eigenvalue weighted by Gasteiger charge is 2.30. The molecule has 0 N–H and O–H groups in total. The Bertz CT molecular complexity index is 789. The summed E-state index contributed by atoms with van der Waals surface area (Å²) in [6, 6.07) is 17.5. The largest absolute Gasteiger partial charge is 0.491 e. The predicted octanol–water partition coefficient (Wildman–Crippen LogP) is 6.31. The molecule has 0 unspecified atom stereocenters. The van der Waals surface area contributed by atoms with Gasteiger partial charge >= 0.3 is 0 Å². The molecular formula is C27H38N2O. The first-order valence-corrected chi connectivity index (χ1v) is 12.0. The second-order valence-corrected chi connectivity index (χ2v) is 9.11. The third-order valence-corrected chi connectivity index (χ3v) is 7.16. The molecule has 0 aliphatic carbocycles. The third-order valence-electron chi connectivity index (χ3n) is 7.16. The SMILES string of the molecule is CCCCOc1ccccc1N1CCC(C2CCN(c3ccccc3C)CC2)CC1. The van der Waals surface area contributed by atoms with E-state index in [2.05, 4.69) is 72.2 Å². The first-order chi connectivity index (χ1) is 14.8. The van der Waals surface area contributed by atoms with Gasteiger partial charge in [-0.15, -0.1) is 0 Å². The predicted molar refractivity (Wildman–Crippen MR) is 128 cm³/mol. The van der Waals surface area contributed by atoms with Crippen molar-refractivity contribution in [1.82, 2.24) is 0 Å². The van der Waals surface area contributed by atoms with Gasteiger partial charge in [-0.2, -0.15) is 0 Å². The highest BCUT2D eigenvalue weighted by molar-refractivity contribution is 5.58. The van der Waals surface area contributed by atoms with Crippen LogP contribution in [0, 0.1) is 18.8 Å². The molecule has 0 radical (unpaired) electrons. The molecule has 2 aliphatic heterocycles. The highest BCUT2D eigenvalue weighted by Crippen LogP contribution is 2.37. The van der Waals surface area contributed by atoms with Gasteiger partial charge in [0.1, 0.15) is 5.75 Å². The molecule has 0 atom stereocenters. The average Bonchev–Trinajstić information content (AvgIpc) is 2.80. The topological polar surface area (TPSA) is 15.7 Å². The molecule has 2 saturated heterocycles. The molecule has 162 valence electrons. The van der Waals surface area contributed by atoms with Gasteiger partial charge in [-0.25, -0.2) is 0 Å². The minimum atomic E-state index is 0.823. The fourth-order valence-electron chi connectivity index (χ4n) is 5.31. The summed E-state index contributed by atoms with van der Waals surface area (Å²) in [5, 5.41) is 0. The molecule has 2 fully saturated rings. The lowest BCUT2D eigenvalue weighted by molar-refractivity contribution is 0.232. The van der Waals surface area contributed by atoms with Crippen molar-refractivity contribution in [2.24, 2.45) is 11.8 Å². The fraction of sp³-hybridized carbons (Fsp3) is 0.556. The van der Waals surface area contributed by atoms with E-state index in [9.17, 15) is 0 Å². The van der Waals surface area contributed by atoms with Crippen molar-refractivity contribution in [2.75, 3.05) is 42.6 Å². The van der Waals surface area contributed by atoms with E-state index in [4.69, 9.17) is 4.74 Å². The van der Waals surface area contributed by atoms with Crippen molar-refractivity contribution in [3.63, 3.8) is 0 Å². The van der Waals surface area contributed by atoms with Crippen LogP contribution in [0.15, 0.2) is 48.5 Å². The van der Waals surface area contributed by atoms with E-state index in [-0.39, 0.29) is 0 Å². The average molecular weight is 407 g/mol. The Labute approximate surface area is 183 Å². The zero-order valence-corrected chi connectivity index (χ0v) is 18.9. The molecule has 0 aromatic heterocycles. The van der Waals surface area contributed by atoms with Crippen LogP contribution in [0.3, 0.4) is 0 Å². The molecule has 3 heteroatoms. The number of anilines is 2. The van der Waals surface area contributed by atoms with E-state index < -0.39 is 0 Å². The number of nitrogens with zero attached hydrogens (tertiary/aromatic N) is 2. The van der Waals surface area contributed by atoms with Gasteiger partial charge in [-0.05, 0) is 74.6 Å². The van der Waals surface area contributed by atoms with Crippen LogP contribution in [0.4, 0.5) is 11.4 Å². The van der Waals surface area contributed by atoms with Gasteiger partial charge in [-0.1, -0.05) is 43.7 Å². The Morgan fingerprint density at radius 3 is 1.90 bits per heavy atom. The number of piperidine rings is 2. The smallest absolute Gasteiger partial charge is 0.142 e. The summed E-state index contributed by atoms with van der Waals surface area (Å²) >= 11 is 0. The van der Waals surface area contributed by atoms with E-state index >= 15 is 0 Å². The molecule has 4 rings (SSSR count). The molecule has 0 spiro atoms. The Morgan fingerprint density at radius 1 is 0.767 bits per heavy atom. The molecule has 2 aromatic carbocycles. The summed E-state index contributed by atoms with van der Waals surface area (Å²) in [6.07, 6.45) is 7.62. The summed E-state index contributed by atoms with van der Waals surface area (Å²) in [5.74, 6) is 2.84. The number of hydrogen-bond donors (Lipinski definition) is 0. The van der Waals surface area contributed by atoms with Crippen molar-refractivity contribution in [3.8, 4) is 5.75 Å². The van der Waals surface area contributed by atoms with Crippen LogP contribution >= 0.6 is 0 Å². The standard InChI is InChI=1S/C27H38N2O/c1-3-4-21-30-27-12-8-7-11-26(27)29-19-15-24(16-20-29)23-13-17-28(18-14-23)25-10-6-5-9-22(25)2/h5-12,23-24H,3-4,13-21H2,1-2H3. The molecular weight excluding hydrogens is 368 g/mol. The van der Waals surface area contributed by atoms with Gasteiger partial charge in [0.25, 0.3) is 0 Å². The lowest BCUT2D eigenvalue weighted by Gasteiger charge is -2.42. The lowest BCUT2D eigenvalue weighted by Crippen LogP contribution is -2.41. The number of unbranched alkanes of at least 4 members (excludes halogenated alkanes) is 1. The number of ether oxygens (including phenoxy) is 1. The summed E-state index contributed by atoms with van der Waals surface area (Å²) in [5.41, 5.74) is 4.14. The van der Waals surface area contributed by atoms with Crippen molar-refractivity contribution < 1.29 is 4.74 Å². The fourth-order valence-corrected chi connectivity index (χ4v) is 5.31. The number of para-hydroxylation sites is 3. The van der Waals surface area contributed by atoms with Crippen molar-refractivity contribution in [2.45, 2.75) is 52.4 Å². The molecule has 0 amide bonds. The van der Waals surface area contributed by atoms with E-state index in [1.54, 1.807) is 0 Å². The van der Waals surface area contributed by atoms with Gasteiger partial charge in [0, 0.05) is 31.9 Å². The van der Waals surface area contributed by atoms with Gasteiger partial charge in [0.05, 0.1) is 12.3 Å². The molecule has 30 heavy (non-hydrogen) atoms. The van der Waals surface area contributed by atoms with Crippen molar-refractivity contribution >= 4 is 11.4 Å². The van der Waals surface area contributed by atoms with Crippen LogP contribution in [0.1, 0.15) is 51.0 Å². The normalized spacial score (nSPS) is 18.6. The molecule has 3 nitrogen and oxygen atoms in total. The van der Waals surface area contributed by atoms with Crippen LogP contribution in [0.5, 0.6) is 5.75 Å². The number of hydrogen-bond acceptors (Lipinski definition) is 3. The summed E-state index contributed by atoms with van der Waals surface area (Å²) in [6.45, 7) is 10.0. The first-order valence-electron chi connectivity index (χ1n) is 12.0. The molecule has 2 aliphatic rings. The highest BCUT2D eigenvalue weighted by atomic mass is 16.5.